The largest absolute Gasteiger partial charge is 0.374 e. The van der Waals surface area contributed by atoms with Gasteiger partial charge in [-0.15, -0.1) is 0 Å². The predicted octanol–water partition coefficient (Wildman–Crippen LogP) is 3.83. The van der Waals surface area contributed by atoms with Crippen molar-refractivity contribution >= 4 is 0 Å². The first-order valence-electron chi connectivity index (χ1n) is 7.22. The van der Waals surface area contributed by atoms with Crippen LogP contribution in [0.2, 0.25) is 0 Å². The zero-order valence-electron chi connectivity index (χ0n) is 11.7. The number of hydrogen-bond donors (Lipinski definition) is 0. The summed E-state index contributed by atoms with van der Waals surface area (Å²) in [5.74, 6) is 3.38. The Morgan fingerprint density at radius 1 is 1.35 bits per heavy atom. The van der Waals surface area contributed by atoms with Gasteiger partial charge in [-0.2, -0.15) is 0 Å². The van der Waals surface area contributed by atoms with Gasteiger partial charge in [-0.05, 0) is 55.1 Å². The van der Waals surface area contributed by atoms with Crippen molar-refractivity contribution in [3.8, 4) is 0 Å². The van der Waals surface area contributed by atoms with Crippen molar-refractivity contribution in [3.63, 3.8) is 0 Å². The fourth-order valence-corrected chi connectivity index (χ4v) is 4.12. The molecule has 0 amide bonds. The Labute approximate surface area is 106 Å². The van der Waals surface area contributed by atoms with Crippen LogP contribution < -0.4 is 0 Å². The molecule has 2 fully saturated rings. The molecule has 1 aliphatic heterocycles. The average Bonchev–Trinajstić information content (AvgIpc) is 2.47. The van der Waals surface area contributed by atoms with Crippen molar-refractivity contribution in [2.75, 3.05) is 13.6 Å². The van der Waals surface area contributed by atoms with E-state index in [1.165, 1.54) is 25.8 Å². The van der Waals surface area contributed by atoms with Gasteiger partial charge >= 0.3 is 0 Å². The lowest BCUT2D eigenvalue weighted by Gasteiger charge is -2.41. The normalized spacial score (nSPS) is 35.7. The molecule has 0 aromatic rings. The van der Waals surface area contributed by atoms with Gasteiger partial charge in [0.15, 0.2) is 0 Å². The van der Waals surface area contributed by atoms with E-state index in [-0.39, 0.29) is 0 Å². The molecule has 2 unspecified atom stereocenters. The first kappa shape index (κ1) is 11.4. The molecule has 0 spiro atoms. The van der Waals surface area contributed by atoms with E-state index >= 15 is 0 Å². The van der Waals surface area contributed by atoms with E-state index in [0.29, 0.717) is 0 Å². The van der Waals surface area contributed by atoms with E-state index in [1.807, 2.05) is 0 Å². The SMILES string of the molecule is CC1=C2C(=CC3CC[C@@H]13)C(CC(C)C)CN2C. The summed E-state index contributed by atoms with van der Waals surface area (Å²) >= 11 is 0. The minimum atomic E-state index is 0.798. The lowest BCUT2D eigenvalue weighted by Crippen LogP contribution is -2.30. The van der Waals surface area contributed by atoms with Crippen LogP contribution in [-0.2, 0) is 0 Å². The monoisotopic (exact) mass is 231 g/mol. The molecule has 1 heterocycles. The molecule has 1 saturated carbocycles. The van der Waals surface area contributed by atoms with Crippen LogP contribution in [0.5, 0.6) is 0 Å². The van der Waals surface area contributed by atoms with Gasteiger partial charge < -0.3 is 4.90 Å². The Bertz CT molecular complexity index is 388. The smallest absolute Gasteiger partial charge is 0.0388 e. The van der Waals surface area contributed by atoms with Crippen molar-refractivity contribution in [2.45, 2.75) is 40.0 Å². The van der Waals surface area contributed by atoms with Crippen LogP contribution in [-0.4, -0.2) is 18.5 Å². The van der Waals surface area contributed by atoms with Gasteiger partial charge in [-0.1, -0.05) is 19.9 Å². The summed E-state index contributed by atoms with van der Waals surface area (Å²) < 4.78 is 0. The van der Waals surface area contributed by atoms with Crippen molar-refractivity contribution in [3.05, 3.63) is 22.9 Å². The summed E-state index contributed by atoms with van der Waals surface area (Å²) in [6, 6.07) is 0. The van der Waals surface area contributed by atoms with Gasteiger partial charge in [0, 0.05) is 25.2 Å². The van der Waals surface area contributed by atoms with Crippen LogP contribution in [0, 0.1) is 23.7 Å². The fraction of sp³-hybridized carbons (Fsp3) is 0.750. The lowest BCUT2D eigenvalue weighted by atomic mass is 9.65. The van der Waals surface area contributed by atoms with Crippen LogP contribution in [0.1, 0.15) is 40.0 Å². The van der Waals surface area contributed by atoms with Crippen LogP contribution in [0.15, 0.2) is 22.9 Å². The molecule has 0 radical (unpaired) electrons. The summed E-state index contributed by atoms with van der Waals surface area (Å²) in [7, 11) is 2.28. The number of fused-ring (bicyclic) bond motifs is 2. The van der Waals surface area contributed by atoms with Crippen molar-refractivity contribution in [1.29, 1.82) is 0 Å². The van der Waals surface area contributed by atoms with Crippen LogP contribution in [0.3, 0.4) is 0 Å². The minimum absolute atomic E-state index is 0.798. The third-order valence-corrected chi connectivity index (χ3v) is 5.00. The molecule has 1 saturated heterocycles. The maximum Gasteiger partial charge on any atom is 0.0388 e. The maximum atomic E-state index is 2.63. The van der Waals surface area contributed by atoms with E-state index < -0.39 is 0 Å². The molecular formula is C16H25N. The summed E-state index contributed by atoms with van der Waals surface area (Å²) in [5, 5.41) is 0. The number of hydrogen-bond acceptors (Lipinski definition) is 1. The Kier molecular flexibility index (Phi) is 2.61. The molecule has 2 aliphatic carbocycles. The van der Waals surface area contributed by atoms with E-state index in [4.69, 9.17) is 0 Å². The molecule has 3 aliphatic rings. The van der Waals surface area contributed by atoms with Crippen LogP contribution in [0.25, 0.3) is 0 Å². The molecule has 0 aromatic carbocycles. The van der Waals surface area contributed by atoms with Gasteiger partial charge in [0.2, 0.25) is 0 Å². The summed E-state index contributed by atoms with van der Waals surface area (Å²) in [6.07, 6.45) is 6.83. The number of likely N-dealkylation sites (N-methyl/N-ethyl adjacent to an activating group) is 1. The highest BCUT2D eigenvalue weighted by molar-refractivity contribution is 5.45. The lowest BCUT2D eigenvalue weighted by molar-refractivity contribution is 0.257. The quantitative estimate of drug-likeness (QED) is 0.698. The van der Waals surface area contributed by atoms with E-state index in [2.05, 4.69) is 38.8 Å². The first-order chi connectivity index (χ1) is 8.08. The second-order valence-corrected chi connectivity index (χ2v) is 6.71. The molecule has 1 nitrogen and oxygen atoms in total. The number of allylic oxidation sites excluding steroid dienone is 3. The van der Waals surface area contributed by atoms with E-state index in [0.717, 1.165) is 23.7 Å². The summed E-state index contributed by atoms with van der Waals surface area (Å²) in [6.45, 7) is 8.33. The van der Waals surface area contributed by atoms with Gasteiger partial charge in [-0.25, -0.2) is 0 Å². The third kappa shape index (κ3) is 1.66. The molecule has 0 bridgehead atoms. The Balaban J connectivity index is 1.93. The highest BCUT2D eigenvalue weighted by Crippen LogP contribution is 2.51. The average molecular weight is 231 g/mol. The molecule has 94 valence electrons. The molecular weight excluding hydrogens is 206 g/mol. The number of likely N-dealkylation sites (tertiary alicyclic amines) is 1. The third-order valence-electron chi connectivity index (χ3n) is 5.00. The van der Waals surface area contributed by atoms with E-state index in [9.17, 15) is 0 Å². The summed E-state index contributed by atoms with van der Waals surface area (Å²) in [5.41, 5.74) is 4.99. The van der Waals surface area contributed by atoms with Gasteiger partial charge in [0.05, 0.1) is 0 Å². The Hall–Kier alpha value is -0.720. The Morgan fingerprint density at radius 3 is 2.71 bits per heavy atom. The van der Waals surface area contributed by atoms with E-state index in [1.54, 1.807) is 16.8 Å². The fourth-order valence-electron chi connectivity index (χ4n) is 4.12. The number of nitrogens with zero attached hydrogens (tertiary/aromatic N) is 1. The second kappa shape index (κ2) is 3.90. The van der Waals surface area contributed by atoms with Crippen molar-refractivity contribution in [2.24, 2.45) is 23.7 Å². The topological polar surface area (TPSA) is 3.24 Å². The summed E-state index contributed by atoms with van der Waals surface area (Å²) in [4.78, 5) is 2.52. The zero-order valence-corrected chi connectivity index (χ0v) is 11.7. The molecule has 0 N–H and O–H groups in total. The Morgan fingerprint density at radius 2 is 2.12 bits per heavy atom. The number of rotatable bonds is 2. The molecule has 3 atom stereocenters. The highest BCUT2D eigenvalue weighted by Gasteiger charge is 2.41. The molecule has 0 aromatic heterocycles. The van der Waals surface area contributed by atoms with Crippen molar-refractivity contribution in [1.82, 2.24) is 4.90 Å². The van der Waals surface area contributed by atoms with Crippen LogP contribution in [0.4, 0.5) is 0 Å². The van der Waals surface area contributed by atoms with Crippen molar-refractivity contribution < 1.29 is 0 Å². The molecule has 17 heavy (non-hydrogen) atoms. The zero-order chi connectivity index (χ0) is 12.2. The first-order valence-corrected chi connectivity index (χ1v) is 7.22. The second-order valence-electron chi connectivity index (χ2n) is 6.71. The maximum absolute atomic E-state index is 2.63. The minimum Gasteiger partial charge on any atom is -0.374 e. The molecule has 1 heteroatoms. The van der Waals surface area contributed by atoms with Gasteiger partial charge in [0.25, 0.3) is 0 Å². The van der Waals surface area contributed by atoms with Gasteiger partial charge in [0.1, 0.15) is 0 Å². The standard InChI is InChI=1S/C16H25N/c1-10(2)7-13-9-17(4)16-11(3)14-6-5-12(14)8-15(13)16/h8,10,12-14H,5-7,9H2,1-4H3/t12?,13?,14-/m0/s1. The predicted molar refractivity (Wildman–Crippen MR) is 72.6 cm³/mol. The highest BCUT2D eigenvalue weighted by atomic mass is 15.1. The molecule has 3 rings (SSSR count). The van der Waals surface area contributed by atoms with Gasteiger partial charge in [-0.3, -0.25) is 0 Å². The van der Waals surface area contributed by atoms with Crippen LogP contribution >= 0.6 is 0 Å².